The van der Waals surface area contributed by atoms with Crippen molar-refractivity contribution < 1.29 is 0 Å². The number of aryl methyl sites for hydroxylation is 2. The Labute approximate surface area is 191 Å². The molecule has 3 rings (SSSR count). The lowest BCUT2D eigenvalue weighted by Gasteiger charge is -2.36. The smallest absolute Gasteiger partial charge is 0.134 e. The Hall–Kier alpha value is -2.18. The highest BCUT2D eigenvalue weighted by molar-refractivity contribution is 7.97. The molecule has 1 fully saturated rings. The maximum absolute atomic E-state index is 9.49. The minimum absolute atomic E-state index is 0.547. The van der Waals surface area contributed by atoms with E-state index in [1.54, 1.807) is 0 Å². The molecule has 31 heavy (non-hydrogen) atoms. The lowest BCUT2D eigenvalue weighted by atomic mass is 9.98. The predicted molar refractivity (Wildman–Crippen MR) is 129 cm³/mol. The number of nitrogens with two attached hydrogens (primary N) is 2. The molecule has 0 saturated carbocycles. The first kappa shape index (κ1) is 25.1. The van der Waals surface area contributed by atoms with Gasteiger partial charge in [0.2, 0.25) is 0 Å². The van der Waals surface area contributed by atoms with Crippen molar-refractivity contribution in [2.24, 2.45) is 10.9 Å². The van der Waals surface area contributed by atoms with Crippen molar-refractivity contribution in [2.45, 2.75) is 51.5 Å². The van der Waals surface area contributed by atoms with E-state index in [0.29, 0.717) is 17.1 Å². The number of nitrogens with zero attached hydrogens (tertiary/aromatic N) is 5. The second kappa shape index (κ2) is 12.6. The van der Waals surface area contributed by atoms with Gasteiger partial charge in [-0.1, -0.05) is 19.9 Å². The fourth-order valence-electron chi connectivity index (χ4n) is 3.74. The summed E-state index contributed by atoms with van der Waals surface area (Å²) in [5, 5.41) is 15.8. The van der Waals surface area contributed by atoms with E-state index in [9.17, 15) is 5.26 Å². The van der Waals surface area contributed by atoms with Gasteiger partial charge in [-0.15, -0.1) is 0 Å². The highest BCUT2D eigenvalue weighted by Crippen LogP contribution is 2.31. The molecule has 2 aromatic rings. The van der Waals surface area contributed by atoms with Crippen molar-refractivity contribution in [1.82, 2.24) is 14.9 Å². The molecule has 0 amide bonds. The van der Waals surface area contributed by atoms with Gasteiger partial charge < -0.3 is 10.6 Å². The van der Waals surface area contributed by atoms with Crippen LogP contribution < -0.4 is 15.8 Å². The molecule has 2 aromatic heterocycles. The number of anilines is 1. The van der Waals surface area contributed by atoms with E-state index in [4.69, 9.17) is 15.9 Å². The summed E-state index contributed by atoms with van der Waals surface area (Å²) in [7, 11) is 2.11. The monoisotopic (exact) mass is 441 g/mol. The molecule has 3 heterocycles. The lowest BCUT2D eigenvalue weighted by molar-refractivity contribution is 0.290. The van der Waals surface area contributed by atoms with Crippen molar-refractivity contribution in [1.29, 1.82) is 5.26 Å². The summed E-state index contributed by atoms with van der Waals surface area (Å²) in [5.74, 6) is 0.945. The van der Waals surface area contributed by atoms with Gasteiger partial charge in [0, 0.05) is 30.5 Å². The van der Waals surface area contributed by atoms with E-state index in [0.717, 1.165) is 74.3 Å². The Morgan fingerprint density at radius 1 is 1.19 bits per heavy atom. The summed E-state index contributed by atoms with van der Waals surface area (Å²) in [5.41, 5.74) is 10.9. The van der Waals surface area contributed by atoms with Crippen molar-refractivity contribution in [3.05, 3.63) is 46.3 Å². The van der Waals surface area contributed by atoms with Gasteiger partial charge in [0.1, 0.15) is 16.9 Å². The third-order valence-electron chi connectivity index (χ3n) is 5.34. The first-order valence-electron chi connectivity index (χ1n) is 10.9. The van der Waals surface area contributed by atoms with Gasteiger partial charge in [0.05, 0.1) is 12.2 Å². The number of hydrogen-bond acceptors (Lipinski definition) is 8. The van der Waals surface area contributed by atoms with Crippen LogP contribution in [-0.2, 0) is 19.3 Å². The van der Waals surface area contributed by atoms with Gasteiger partial charge in [-0.05, 0) is 75.3 Å². The van der Waals surface area contributed by atoms with Crippen LogP contribution in [-0.4, -0.2) is 48.2 Å². The van der Waals surface area contributed by atoms with Crippen molar-refractivity contribution >= 4 is 17.8 Å². The first-order valence-corrected chi connectivity index (χ1v) is 11.7. The van der Waals surface area contributed by atoms with Gasteiger partial charge in [-0.3, -0.25) is 15.0 Å². The summed E-state index contributed by atoms with van der Waals surface area (Å²) in [6.45, 7) is 9.67. The van der Waals surface area contributed by atoms with Crippen LogP contribution in [0.3, 0.4) is 0 Å². The molecule has 1 aliphatic rings. The second-order valence-corrected chi connectivity index (χ2v) is 8.34. The van der Waals surface area contributed by atoms with Crippen LogP contribution in [0.25, 0.3) is 0 Å². The SMILES string of the molecule is CCc1c(C#N)c(SN)nc(N2CCCN(C)C2)c1CCN.CCc1ccc(C)cn1. The third kappa shape index (κ3) is 6.65. The van der Waals surface area contributed by atoms with Crippen LogP contribution in [0.4, 0.5) is 5.82 Å². The number of rotatable bonds is 6. The van der Waals surface area contributed by atoms with Gasteiger partial charge in [-0.2, -0.15) is 5.26 Å². The van der Waals surface area contributed by atoms with Crippen LogP contribution in [0, 0.1) is 18.3 Å². The number of pyridine rings is 2. The maximum Gasteiger partial charge on any atom is 0.134 e. The van der Waals surface area contributed by atoms with Crippen LogP contribution in [0.15, 0.2) is 23.4 Å². The number of aromatic nitrogens is 2. The van der Waals surface area contributed by atoms with Crippen LogP contribution in [0.1, 0.15) is 48.2 Å². The van der Waals surface area contributed by atoms with Crippen LogP contribution in [0.5, 0.6) is 0 Å². The van der Waals surface area contributed by atoms with E-state index < -0.39 is 0 Å². The molecule has 4 N–H and O–H groups in total. The average Bonchev–Trinajstić information content (AvgIpc) is 2.79. The van der Waals surface area contributed by atoms with Crippen molar-refractivity contribution in [2.75, 3.05) is 38.3 Å². The molecule has 1 saturated heterocycles. The Morgan fingerprint density at radius 2 is 1.97 bits per heavy atom. The fraction of sp³-hybridized carbons (Fsp3) is 0.522. The minimum Gasteiger partial charge on any atom is -0.343 e. The lowest BCUT2D eigenvalue weighted by Crippen LogP contribution is -2.43. The van der Waals surface area contributed by atoms with Crippen molar-refractivity contribution in [3.8, 4) is 6.07 Å². The largest absolute Gasteiger partial charge is 0.343 e. The Balaban J connectivity index is 0.000000316. The van der Waals surface area contributed by atoms with E-state index in [-0.39, 0.29) is 0 Å². The van der Waals surface area contributed by atoms with Crippen molar-refractivity contribution in [3.63, 3.8) is 0 Å². The number of nitriles is 1. The standard InChI is InChI=1S/C15H24N6S.C8H11N/c1-3-11-12(5-6-16)14(19-15(22-18)13(11)9-17)21-8-4-7-20(2)10-21;1-3-8-5-4-7(2)6-9-8/h3-8,10,16,18H2,1-2H3;4-6H,3H2,1-2H3. The van der Waals surface area contributed by atoms with Gasteiger partial charge in [-0.25, -0.2) is 4.98 Å². The zero-order chi connectivity index (χ0) is 22.8. The molecular formula is C23H35N7S. The molecule has 8 heteroatoms. The molecule has 0 unspecified atom stereocenters. The maximum atomic E-state index is 9.49. The van der Waals surface area contributed by atoms with Gasteiger partial charge in [0.25, 0.3) is 0 Å². The molecule has 0 atom stereocenters. The predicted octanol–water partition coefficient (Wildman–Crippen LogP) is 3.03. The van der Waals surface area contributed by atoms with Gasteiger partial charge >= 0.3 is 0 Å². The van der Waals surface area contributed by atoms with Gasteiger partial charge in [0.15, 0.2) is 0 Å². The second-order valence-electron chi connectivity index (χ2n) is 7.71. The summed E-state index contributed by atoms with van der Waals surface area (Å²) >= 11 is 1.05. The van der Waals surface area contributed by atoms with Crippen LogP contribution >= 0.6 is 11.9 Å². The Morgan fingerprint density at radius 3 is 2.48 bits per heavy atom. The third-order valence-corrected chi connectivity index (χ3v) is 5.86. The minimum atomic E-state index is 0.547. The number of hydrogen-bond donors (Lipinski definition) is 2. The molecule has 0 radical (unpaired) electrons. The van der Waals surface area contributed by atoms with E-state index in [1.165, 1.54) is 11.3 Å². The molecular weight excluding hydrogens is 406 g/mol. The van der Waals surface area contributed by atoms with Crippen LogP contribution in [0.2, 0.25) is 0 Å². The average molecular weight is 442 g/mol. The fourth-order valence-corrected chi connectivity index (χ4v) is 4.16. The topological polar surface area (TPSA) is 108 Å². The summed E-state index contributed by atoms with van der Waals surface area (Å²) in [4.78, 5) is 13.4. The zero-order valence-corrected chi connectivity index (χ0v) is 20.0. The summed E-state index contributed by atoms with van der Waals surface area (Å²) in [6.07, 6.45) is 5.55. The molecule has 0 aromatic carbocycles. The summed E-state index contributed by atoms with van der Waals surface area (Å²) < 4.78 is 0. The Bertz CT molecular complexity index is 877. The molecule has 7 nitrogen and oxygen atoms in total. The highest BCUT2D eigenvalue weighted by Gasteiger charge is 2.24. The molecule has 168 valence electrons. The first-order chi connectivity index (χ1) is 15.0. The van der Waals surface area contributed by atoms with E-state index in [1.807, 2.05) is 13.1 Å². The quantitative estimate of drug-likeness (QED) is 0.659. The molecule has 0 spiro atoms. The van der Waals surface area contributed by atoms with E-state index >= 15 is 0 Å². The Kier molecular flexibility index (Phi) is 10.2. The molecule has 1 aliphatic heterocycles. The molecule has 0 bridgehead atoms. The normalized spacial score (nSPS) is 14.0. The highest BCUT2D eigenvalue weighted by atomic mass is 32.2. The zero-order valence-electron chi connectivity index (χ0n) is 19.2. The summed E-state index contributed by atoms with van der Waals surface area (Å²) in [6, 6.07) is 6.42. The molecule has 0 aliphatic carbocycles. The van der Waals surface area contributed by atoms with E-state index in [2.05, 4.69) is 53.9 Å².